The molecule has 0 aliphatic heterocycles. The summed E-state index contributed by atoms with van der Waals surface area (Å²) in [6, 6.07) is 8.88. The predicted octanol–water partition coefficient (Wildman–Crippen LogP) is 3.31. The fraction of sp³-hybridized carbons (Fsp3) is 0.188. The summed E-state index contributed by atoms with van der Waals surface area (Å²) in [6.07, 6.45) is 0.381. The summed E-state index contributed by atoms with van der Waals surface area (Å²) in [5.41, 5.74) is -0.0296. The van der Waals surface area contributed by atoms with Crippen LogP contribution in [0, 0.1) is 10.1 Å². The molecule has 0 spiro atoms. The lowest BCUT2D eigenvalue weighted by Gasteiger charge is -2.13. The summed E-state index contributed by atoms with van der Waals surface area (Å²) in [5, 5.41) is 13.5. The fourth-order valence-electron chi connectivity index (χ4n) is 1.77. The van der Waals surface area contributed by atoms with Crippen LogP contribution < -0.4 is 5.32 Å². The first-order chi connectivity index (χ1) is 12.3. The maximum absolute atomic E-state index is 12.0. The van der Waals surface area contributed by atoms with E-state index < -0.39 is 22.9 Å². The second-order valence-corrected chi connectivity index (χ2v) is 6.51. The van der Waals surface area contributed by atoms with Gasteiger partial charge in [0, 0.05) is 23.2 Å². The van der Waals surface area contributed by atoms with Crippen LogP contribution in [0.3, 0.4) is 0 Å². The molecule has 1 atom stereocenters. The van der Waals surface area contributed by atoms with Gasteiger partial charge in [0.05, 0.1) is 15.7 Å². The van der Waals surface area contributed by atoms with Gasteiger partial charge in [0.2, 0.25) is 0 Å². The molecule has 0 saturated heterocycles. The van der Waals surface area contributed by atoms with Crippen molar-refractivity contribution in [3.8, 4) is 0 Å². The second kappa shape index (κ2) is 9.16. The maximum Gasteiger partial charge on any atom is 0.317 e. The average Bonchev–Trinajstić information content (AvgIpc) is 2.62. The number of non-ortho nitro benzene ring substituents is 1. The van der Waals surface area contributed by atoms with Gasteiger partial charge in [-0.25, -0.2) is 4.98 Å². The van der Waals surface area contributed by atoms with E-state index in [9.17, 15) is 19.7 Å². The number of ether oxygens (including phenoxy) is 1. The van der Waals surface area contributed by atoms with Gasteiger partial charge in [-0.05, 0) is 31.2 Å². The van der Waals surface area contributed by atoms with Crippen molar-refractivity contribution < 1.29 is 19.2 Å². The van der Waals surface area contributed by atoms with Gasteiger partial charge < -0.3 is 10.1 Å². The van der Waals surface area contributed by atoms with Gasteiger partial charge in [-0.15, -0.1) is 11.8 Å². The number of nitrogens with zero attached hydrogens (tertiary/aromatic N) is 2. The number of anilines is 1. The minimum Gasteiger partial charge on any atom is -0.452 e. The highest BCUT2D eigenvalue weighted by atomic mass is 35.5. The number of nitro benzene ring substituents is 1. The number of pyridine rings is 1. The monoisotopic (exact) mass is 395 g/mol. The van der Waals surface area contributed by atoms with Crippen LogP contribution in [0.2, 0.25) is 5.02 Å². The van der Waals surface area contributed by atoms with Gasteiger partial charge in [0.15, 0.2) is 6.10 Å². The first-order valence-electron chi connectivity index (χ1n) is 7.34. The molecule has 0 radical (unpaired) electrons. The molecule has 0 saturated carbocycles. The number of nitrogens with one attached hydrogen (secondary N) is 1. The largest absolute Gasteiger partial charge is 0.452 e. The molecule has 1 heterocycles. The molecule has 1 N–H and O–H groups in total. The molecule has 26 heavy (non-hydrogen) atoms. The normalized spacial score (nSPS) is 11.5. The van der Waals surface area contributed by atoms with E-state index in [2.05, 4.69) is 10.3 Å². The Balaban J connectivity index is 1.79. The average molecular weight is 396 g/mol. The van der Waals surface area contributed by atoms with Crippen molar-refractivity contribution in [1.29, 1.82) is 0 Å². The second-order valence-electron chi connectivity index (χ2n) is 5.02. The third-order valence-electron chi connectivity index (χ3n) is 3.06. The van der Waals surface area contributed by atoms with Crippen molar-refractivity contribution in [1.82, 2.24) is 4.98 Å². The standard InChI is InChI=1S/C16H14ClN3O5S/c1-10(16(22)19-14-7-2-11(17)8-18-14)25-15(21)9-26-13-5-3-12(4-6-13)20(23)24/h2-8,10H,9H2,1H3,(H,18,19,22)/t10-/m0/s1. The zero-order chi connectivity index (χ0) is 19.1. The van der Waals surface area contributed by atoms with Crippen molar-refractivity contribution in [2.45, 2.75) is 17.9 Å². The Kier molecular flexibility index (Phi) is 6.93. The summed E-state index contributed by atoms with van der Waals surface area (Å²) < 4.78 is 5.06. The number of carbonyl (C=O) groups is 2. The molecular formula is C16H14ClN3O5S. The van der Waals surface area contributed by atoms with E-state index >= 15 is 0 Å². The Bertz CT molecular complexity index is 799. The fourth-order valence-corrected chi connectivity index (χ4v) is 2.56. The molecule has 1 aromatic carbocycles. The van der Waals surface area contributed by atoms with Crippen LogP contribution in [-0.4, -0.2) is 33.6 Å². The first kappa shape index (κ1) is 19.7. The molecule has 1 aromatic heterocycles. The molecule has 0 aliphatic rings. The Morgan fingerprint density at radius 3 is 2.58 bits per heavy atom. The molecule has 2 aromatic rings. The van der Waals surface area contributed by atoms with Crippen LogP contribution in [0.25, 0.3) is 0 Å². The lowest BCUT2D eigenvalue weighted by atomic mass is 10.3. The zero-order valence-corrected chi connectivity index (χ0v) is 15.1. The summed E-state index contributed by atoms with van der Waals surface area (Å²) in [6.45, 7) is 1.44. The number of nitro groups is 1. The van der Waals surface area contributed by atoms with Crippen molar-refractivity contribution >= 4 is 46.7 Å². The van der Waals surface area contributed by atoms with Gasteiger partial charge in [0.25, 0.3) is 11.6 Å². The predicted molar refractivity (Wildman–Crippen MR) is 97.3 cm³/mol. The van der Waals surface area contributed by atoms with E-state index in [0.717, 1.165) is 11.8 Å². The minimum atomic E-state index is -1.00. The molecule has 10 heteroatoms. The van der Waals surface area contributed by atoms with Crippen LogP contribution in [0.5, 0.6) is 0 Å². The quantitative estimate of drug-likeness (QED) is 0.331. The Morgan fingerprint density at radius 1 is 1.31 bits per heavy atom. The highest BCUT2D eigenvalue weighted by Crippen LogP contribution is 2.21. The molecule has 136 valence electrons. The Hall–Kier alpha value is -2.65. The first-order valence-corrected chi connectivity index (χ1v) is 8.70. The Labute approximate surface area is 158 Å². The van der Waals surface area contributed by atoms with E-state index in [0.29, 0.717) is 15.7 Å². The van der Waals surface area contributed by atoms with Crippen molar-refractivity contribution in [2.24, 2.45) is 0 Å². The lowest BCUT2D eigenvalue weighted by Crippen LogP contribution is -2.30. The third-order valence-corrected chi connectivity index (χ3v) is 4.27. The molecule has 0 aliphatic carbocycles. The number of benzene rings is 1. The molecule has 0 bridgehead atoms. The van der Waals surface area contributed by atoms with Gasteiger partial charge in [-0.1, -0.05) is 11.6 Å². The van der Waals surface area contributed by atoms with Crippen molar-refractivity contribution in [3.63, 3.8) is 0 Å². The summed E-state index contributed by atoms with van der Waals surface area (Å²) >= 11 is 6.86. The molecule has 2 rings (SSSR count). The van der Waals surface area contributed by atoms with Gasteiger partial charge in [0.1, 0.15) is 5.82 Å². The summed E-state index contributed by atoms with van der Waals surface area (Å²) in [4.78, 5) is 38.5. The maximum atomic E-state index is 12.0. The highest BCUT2D eigenvalue weighted by Gasteiger charge is 2.18. The number of esters is 1. The van der Waals surface area contributed by atoms with Crippen LogP contribution in [0.15, 0.2) is 47.5 Å². The number of amides is 1. The number of rotatable bonds is 7. The van der Waals surface area contributed by atoms with E-state index in [-0.39, 0.29) is 11.4 Å². The molecule has 8 nitrogen and oxygen atoms in total. The smallest absolute Gasteiger partial charge is 0.317 e. The third kappa shape index (κ3) is 6.01. The van der Waals surface area contributed by atoms with Crippen LogP contribution in [0.4, 0.5) is 11.5 Å². The topological polar surface area (TPSA) is 111 Å². The molecule has 0 unspecified atom stereocenters. The number of aromatic nitrogens is 1. The summed E-state index contributed by atoms with van der Waals surface area (Å²) in [5.74, 6) is -0.842. The van der Waals surface area contributed by atoms with E-state index in [1.165, 1.54) is 31.3 Å². The van der Waals surface area contributed by atoms with E-state index in [1.807, 2.05) is 0 Å². The molecule has 0 fully saturated rings. The van der Waals surface area contributed by atoms with Gasteiger partial charge in [-0.2, -0.15) is 0 Å². The van der Waals surface area contributed by atoms with Crippen LogP contribution in [0.1, 0.15) is 6.92 Å². The van der Waals surface area contributed by atoms with Crippen molar-refractivity contribution in [2.75, 3.05) is 11.1 Å². The summed E-state index contributed by atoms with van der Waals surface area (Å²) in [7, 11) is 0. The number of carbonyl (C=O) groups excluding carboxylic acids is 2. The minimum absolute atomic E-state index is 0.0296. The Morgan fingerprint density at radius 2 is 2.00 bits per heavy atom. The SMILES string of the molecule is C[C@H](OC(=O)CSc1ccc([N+](=O)[O-])cc1)C(=O)Nc1ccc(Cl)cn1. The lowest BCUT2D eigenvalue weighted by molar-refractivity contribution is -0.384. The van der Waals surface area contributed by atoms with E-state index in [4.69, 9.17) is 16.3 Å². The van der Waals surface area contributed by atoms with Gasteiger partial charge >= 0.3 is 5.97 Å². The van der Waals surface area contributed by atoms with Crippen LogP contribution in [-0.2, 0) is 14.3 Å². The molecule has 1 amide bonds. The zero-order valence-electron chi connectivity index (χ0n) is 13.5. The number of halogens is 1. The van der Waals surface area contributed by atoms with Crippen molar-refractivity contribution in [3.05, 3.63) is 57.7 Å². The highest BCUT2D eigenvalue weighted by molar-refractivity contribution is 8.00. The van der Waals surface area contributed by atoms with Gasteiger partial charge in [-0.3, -0.25) is 19.7 Å². The number of hydrogen-bond donors (Lipinski definition) is 1. The van der Waals surface area contributed by atoms with E-state index in [1.54, 1.807) is 18.2 Å². The number of thioether (sulfide) groups is 1. The number of hydrogen-bond acceptors (Lipinski definition) is 7. The molecular weight excluding hydrogens is 382 g/mol. The van der Waals surface area contributed by atoms with Crippen LogP contribution >= 0.6 is 23.4 Å².